The number of aryl methyl sites for hydroxylation is 1. The Labute approximate surface area is 108 Å². The minimum absolute atomic E-state index is 0.496. The highest BCUT2D eigenvalue weighted by atomic mass is 32.1. The van der Waals surface area contributed by atoms with Crippen LogP contribution in [0.4, 0.5) is 0 Å². The van der Waals surface area contributed by atoms with Gasteiger partial charge >= 0.3 is 0 Å². The smallest absolute Gasteiger partial charge is 0.0897 e. The second kappa shape index (κ2) is 5.49. The zero-order valence-electron chi connectivity index (χ0n) is 10.9. The normalized spacial score (nSPS) is 30.2. The average molecular weight is 253 g/mol. The van der Waals surface area contributed by atoms with Gasteiger partial charge in [-0.25, -0.2) is 4.98 Å². The Kier molecular flexibility index (Phi) is 4.21. The van der Waals surface area contributed by atoms with E-state index in [0.717, 1.165) is 42.3 Å². The minimum Gasteiger partial charge on any atom is -0.389 e. The molecule has 0 spiro atoms. The summed E-state index contributed by atoms with van der Waals surface area (Å²) in [5.41, 5.74) is 0.578. The summed E-state index contributed by atoms with van der Waals surface area (Å²) in [5.74, 6) is 0.821. The van der Waals surface area contributed by atoms with Crippen molar-refractivity contribution in [3.05, 3.63) is 16.1 Å². The van der Waals surface area contributed by atoms with E-state index >= 15 is 0 Å². The standard InChI is InChI=1S/C14H23NOS/c1-3-12-5-4-7-14(16,8-6-12)9-13-10-17-11(2)15-13/h10,12,16H,3-9H2,1-2H3. The molecule has 0 amide bonds. The van der Waals surface area contributed by atoms with Crippen LogP contribution >= 0.6 is 11.3 Å². The van der Waals surface area contributed by atoms with Crippen LogP contribution in [0.2, 0.25) is 0 Å². The monoisotopic (exact) mass is 253 g/mol. The lowest BCUT2D eigenvalue weighted by Gasteiger charge is -2.25. The molecule has 1 aliphatic rings. The Hall–Kier alpha value is -0.410. The van der Waals surface area contributed by atoms with Crippen LogP contribution in [-0.2, 0) is 6.42 Å². The van der Waals surface area contributed by atoms with Crippen LogP contribution in [0.25, 0.3) is 0 Å². The highest BCUT2D eigenvalue weighted by Crippen LogP contribution is 2.34. The predicted molar refractivity (Wildman–Crippen MR) is 72.4 cm³/mol. The highest BCUT2D eigenvalue weighted by Gasteiger charge is 2.31. The predicted octanol–water partition coefficient (Wildman–Crippen LogP) is 3.72. The molecular weight excluding hydrogens is 230 g/mol. The van der Waals surface area contributed by atoms with Crippen molar-refractivity contribution in [2.24, 2.45) is 5.92 Å². The van der Waals surface area contributed by atoms with E-state index in [9.17, 15) is 5.11 Å². The van der Waals surface area contributed by atoms with Crippen molar-refractivity contribution in [3.8, 4) is 0 Å². The molecule has 0 aromatic carbocycles. The lowest BCUT2D eigenvalue weighted by molar-refractivity contribution is 0.0234. The summed E-state index contributed by atoms with van der Waals surface area (Å²) in [6, 6.07) is 0. The molecule has 0 radical (unpaired) electrons. The van der Waals surface area contributed by atoms with E-state index in [1.54, 1.807) is 11.3 Å². The lowest BCUT2D eigenvalue weighted by Crippen LogP contribution is -2.30. The van der Waals surface area contributed by atoms with Gasteiger partial charge in [0.1, 0.15) is 0 Å². The molecule has 1 aliphatic carbocycles. The van der Waals surface area contributed by atoms with Gasteiger partial charge in [0.15, 0.2) is 0 Å². The fourth-order valence-corrected chi connectivity index (χ4v) is 3.49. The van der Waals surface area contributed by atoms with E-state index in [-0.39, 0.29) is 0 Å². The summed E-state index contributed by atoms with van der Waals surface area (Å²) in [4.78, 5) is 4.48. The van der Waals surface area contributed by atoms with Gasteiger partial charge in [0, 0.05) is 11.8 Å². The molecule has 1 N–H and O–H groups in total. The molecule has 1 fully saturated rings. The van der Waals surface area contributed by atoms with E-state index in [1.165, 1.54) is 19.3 Å². The van der Waals surface area contributed by atoms with Crippen LogP contribution in [0, 0.1) is 12.8 Å². The first-order valence-electron chi connectivity index (χ1n) is 6.75. The van der Waals surface area contributed by atoms with Gasteiger partial charge in [-0.1, -0.05) is 26.2 Å². The Morgan fingerprint density at radius 2 is 2.29 bits per heavy atom. The molecule has 2 rings (SSSR count). The third-order valence-corrected chi connectivity index (χ3v) is 4.85. The zero-order valence-corrected chi connectivity index (χ0v) is 11.7. The molecule has 0 bridgehead atoms. The number of hydrogen-bond donors (Lipinski definition) is 1. The van der Waals surface area contributed by atoms with Gasteiger partial charge in [-0.05, 0) is 32.1 Å². The van der Waals surface area contributed by atoms with Gasteiger partial charge < -0.3 is 5.11 Å². The summed E-state index contributed by atoms with van der Waals surface area (Å²) in [6.07, 6.45) is 7.52. The maximum atomic E-state index is 10.7. The zero-order chi connectivity index (χ0) is 12.3. The number of aliphatic hydroxyl groups is 1. The summed E-state index contributed by atoms with van der Waals surface area (Å²) in [6.45, 7) is 4.29. The third-order valence-electron chi connectivity index (χ3n) is 4.03. The van der Waals surface area contributed by atoms with E-state index < -0.39 is 5.60 Å². The van der Waals surface area contributed by atoms with E-state index in [4.69, 9.17) is 0 Å². The van der Waals surface area contributed by atoms with E-state index in [0.29, 0.717) is 0 Å². The molecule has 1 aromatic rings. The van der Waals surface area contributed by atoms with Crippen molar-refractivity contribution in [1.82, 2.24) is 4.98 Å². The van der Waals surface area contributed by atoms with Crippen LogP contribution < -0.4 is 0 Å². The summed E-state index contributed by atoms with van der Waals surface area (Å²) >= 11 is 1.68. The van der Waals surface area contributed by atoms with Crippen LogP contribution in [0.15, 0.2) is 5.38 Å². The molecule has 17 heavy (non-hydrogen) atoms. The second-order valence-corrected chi connectivity index (χ2v) is 6.53. The van der Waals surface area contributed by atoms with Crippen molar-refractivity contribution < 1.29 is 5.11 Å². The quantitative estimate of drug-likeness (QED) is 0.833. The second-order valence-electron chi connectivity index (χ2n) is 5.46. The maximum Gasteiger partial charge on any atom is 0.0897 e. The van der Waals surface area contributed by atoms with Gasteiger partial charge in [0.25, 0.3) is 0 Å². The third kappa shape index (κ3) is 3.52. The van der Waals surface area contributed by atoms with Gasteiger partial charge in [0.05, 0.1) is 16.3 Å². The van der Waals surface area contributed by atoms with E-state index in [1.807, 2.05) is 6.92 Å². The highest BCUT2D eigenvalue weighted by molar-refractivity contribution is 7.09. The van der Waals surface area contributed by atoms with Crippen molar-refractivity contribution in [2.75, 3.05) is 0 Å². The van der Waals surface area contributed by atoms with Gasteiger partial charge in [0.2, 0.25) is 0 Å². The van der Waals surface area contributed by atoms with Crippen molar-refractivity contribution in [3.63, 3.8) is 0 Å². The Morgan fingerprint density at radius 3 is 2.94 bits per heavy atom. The number of rotatable bonds is 3. The average Bonchev–Trinajstić information content (AvgIpc) is 2.59. The van der Waals surface area contributed by atoms with Gasteiger partial charge in [-0.2, -0.15) is 0 Å². The summed E-state index contributed by atoms with van der Waals surface area (Å²) in [5, 5.41) is 13.9. The Bertz CT molecular complexity index is 363. The lowest BCUT2D eigenvalue weighted by atomic mass is 9.89. The van der Waals surface area contributed by atoms with Crippen LogP contribution in [0.1, 0.15) is 56.2 Å². The first kappa shape index (κ1) is 13.0. The van der Waals surface area contributed by atoms with Crippen molar-refractivity contribution >= 4 is 11.3 Å². The van der Waals surface area contributed by atoms with E-state index in [2.05, 4.69) is 17.3 Å². The summed E-state index contributed by atoms with van der Waals surface area (Å²) < 4.78 is 0. The fraction of sp³-hybridized carbons (Fsp3) is 0.786. The number of thiazole rings is 1. The molecule has 3 heteroatoms. The number of hydrogen-bond acceptors (Lipinski definition) is 3. The van der Waals surface area contributed by atoms with Crippen LogP contribution in [0.3, 0.4) is 0 Å². The maximum absolute atomic E-state index is 10.7. The SMILES string of the molecule is CCC1CCCC(O)(Cc2csc(C)n2)CC1. The van der Waals surface area contributed by atoms with Crippen molar-refractivity contribution in [2.45, 2.75) is 64.4 Å². The molecule has 2 atom stereocenters. The molecule has 2 nitrogen and oxygen atoms in total. The van der Waals surface area contributed by atoms with Crippen LogP contribution in [0.5, 0.6) is 0 Å². The number of aromatic nitrogens is 1. The first-order valence-corrected chi connectivity index (χ1v) is 7.63. The molecule has 0 aliphatic heterocycles. The minimum atomic E-state index is -0.496. The summed E-state index contributed by atoms with van der Waals surface area (Å²) in [7, 11) is 0. The molecular formula is C14H23NOS. The van der Waals surface area contributed by atoms with Gasteiger partial charge in [-0.15, -0.1) is 11.3 Å². The molecule has 1 saturated carbocycles. The van der Waals surface area contributed by atoms with Crippen molar-refractivity contribution in [1.29, 1.82) is 0 Å². The molecule has 2 unspecified atom stereocenters. The number of nitrogens with zero attached hydrogens (tertiary/aromatic N) is 1. The largest absolute Gasteiger partial charge is 0.389 e. The molecule has 96 valence electrons. The topological polar surface area (TPSA) is 33.1 Å². The molecule has 1 aromatic heterocycles. The molecule has 1 heterocycles. The first-order chi connectivity index (χ1) is 8.11. The Morgan fingerprint density at radius 1 is 1.47 bits per heavy atom. The molecule has 0 saturated heterocycles. The van der Waals surface area contributed by atoms with Gasteiger partial charge in [-0.3, -0.25) is 0 Å². The van der Waals surface area contributed by atoms with Crippen LogP contribution in [-0.4, -0.2) is 15.7 Å². The Balaban J connectivity index is 1.98. The fourth-order valence-electron chi connectivity index (χ4n) is 2.87.